The second kappa shape index (κ2) is 8.67. The van der Waals surface area contributed by atoms with Gasteiger partial charge in [0.25, 0.3) is 0 Å². The molecule has 0 saturated carbocycles. The molecule has 0 spiro atoms. The van der Waals surface area contributed by atoms with Gasteiger partial charge in [0.1, 0.15) is 5.75 Å². The molecule has 0 radical (unpaired) electrons. The lowest BCUT2D eigenvalue weighted by Crippen LogP contribution is -2.31. The summed E-state index contributed by atoms with van der Waals surface area (Å²) >= 11 is 0. The van der Waals surface area contributed by atoms with Gasteiger partial charge < -0.3 is 15.4 Å². The predicted molar refractivity (Wildman–Crippen MR) is 86.1 cm³/mol. The maximum atomic E-state index is 12.3. The first kappa shape index (κ1) is 17.5. The Morgan fingerprint density at radius 3 is 2.38 bits per heavy atom. The molecule has 2 atom stereocenters. The van der Waals surface area contributed by atoms with Crippen LogP contribution < -0.4 is 10.5 Å². The number of carbonyl (C=O) groups excluding carboxylic acids is 1. The first-order valence-corrected chi connectivity index (χ1v) is 7.57. The molecule has 0 heterocycles. The smallest absolute Gasteiger partial charge is 0.225 e. The Morgan fingerprint density at radius 1 is 1.24 bits per heavy atom. The number of carbonyl (C=O) groups is 1. The van der Waals surface area contributed by atoms with Crippen LogP contribution in [0.25, 0.3) is 0 Å². The molecule has 1 aromatic carbocycles. The Hall–Kier alpha value is -1.55. The Kier molecular flexibility index (Phi) is 7.23. The van der Waals surface area contributed by atoms with Crippen molar-refractivity contribution in [2.75, 3.05) is 14.2 Å². The van der Waals surface area contributed by atoms with E-state index in [-0.39, 0.29) is 17.9 Å². The van der Waals surface area contributed by atoms with Crippen LogP contribution in [0.4, 0.5) is 0 Å². The molecule has 4 nitrogen and oxygen atoms in total. The maximum absolute atomic E-state index is 12.3. The predicted octanol–water partition coefficient (Wildman–Crippen LogP) is 2.81. The van der Waals surface area contributed by atoms with Crippen molar-refractivity contribution >= 4 is 5.91 Å². The van der Waals surface area contributed by atoms with Crippen molar-refractivity contribution in [3.63, 3.8) is 0 Å². The second-order valence-corrected chi connectivity index (χ2v) is 5.85. The third-order valence-corrected chi connectivity index (χ3v) is 3.67. The number of nitrogens with zero attached hydrogens (tertiary/aromatic N) is 1. The van der Waals surface area contributed by atoms with Crippen LogP contribution in [0, 0.1) is 5.92 Å². The Morgan fingerprint density at radius 2 is 1.86 bits per heavy atom. The number of methoxy groups -OCH3 is 1. The number of ether oxygens (including phenoxy) is 1. The van der Waals surface area contributed by atoms with Crippen LogP contribution in [-0.2, 0) is 11.3 Å². The third kappa shape index (κ3) is 6.17. The minimum absolute atomic E-state index is 0.0481. The molecule has 2 N–H and O–H groups in total. The molecule has 0 aliphatic rings. The summed E-state index contributed by atoms with van der Waals surface area (Å²) in [5, 5.41) is 0. The average Bonchev–Trinajstić information content (AvgIpc) is 2.46. The zero-order chi connectivity index (χ0) is 15.8. The monoisotopic (exact) mass is 292 g/mol. The molecular formula is C17H28N2O2. The van der Waals surface area contributed by atoms with Crippen molar-refractivity contribution in [2.45, 2.75) is 45.7 Å². The highest BCUT2D eigenvalue weighted by Gasteiger charge is 2.17. The van der Waals surface area contributed by atoms with E-state index in [4.69, 9.17) is 10.5 Å². The summed E-state index contributed by atoms with van der Waals surface area (Å²) in [4.78, 5) is 14.1. The number of hydrogen-bond donors (Lipinski definition) is 1. The van der Waals surface area contributed by atoms with Crippen LogP contribution in [-0.4, -0.2) is 31.0 Å². The molecule has 0 aliphatic heterocycles. The average molecular weight is 292 g/mol. The highest BCUT2D eigenvalue weighted by Crippen LogP contribution is 2.15. The van der Waals surface area contributed by atoms with Gasteiger partial charge in [-0.15, -0.1) is 0 Å². The summed E-state index contributed by atoms with van der Waals surface area (Å²) in [5.74, 6) is 1.07. The van der Waals surface area contributed by atoms with Crippen molar-refractivity contribution in [1.82, 2.24) is 4.90 Å². The van der Waals surface area contributed by atoms with Crippen LogP contribution in [0.15, 0.2) is 24.3 Å². The summed E-state index contributed by atoms with van der Waals surface area (Å²) in [5.41, 5.74) is 6.84. The largest absolute Gasteiger partial charge is 0.497 e. The normalized spacial score (nSPS) is 13.6. The summed E-state index contributed by atoms with van der Waals surface area (Å²) in [6, 6.07) is 8.02. The molecule has 1 amide bonds. The Balaban J connectivity index is 2.45. The van der Waals surface area contributed by atoms with Gasteiger partial charge in [0.15, 0.2) is 0 Å². The van der Waals surface area contributed by atoms with E-state index >= 15 is 0 Å². The fourth-order valence-corrected chi connectivity index (χ4v) is 2.33. The number of hydrogen-bond acceptors (Lipinski definition) is 3. The molecule has 1 rings (SSSR count). The first-order valence-electron chi connectivity index (χ1n) is 7.57. The molecule has 4 heteroatoms. The number of rotatable bonds is 8. The molecule has 21 heavy (non-hydrogen) atoms. The molecule has 0 bridgehead atoms. The lowest BCUT2D eigenvalue weighted by Gasteiger charge is -2.22. The van der Waals surface area contributed by atoms with Gasteiger partial charge in [-0.3, -0.25) is 4.79 Å². The highest BCUT2D eigenvalue weighted by atomic mass is 16.5. The quantitative estimate of drug-likeness (QED) is 0.801. The topological polar surface area (TPSA) is 55.6 Å². The van der Waals surface area contributed by atoms with E-state index in [1.54, 1.807) is 12.0 Å². The van der Waals surface area contributed by atoms with Crippen LogP contribution in [0.3, 0.4) is 0 Å². The molecule has 2 unspecified atom stereocenters. The van der Waals surface area contributed by atoms with Gasteiger partial charge >= 0.3 is 0 Å². The molecule has 0 aliphatic carbocycles. The fourth-order valence-electron chi connectivity index (χ4n) is 2.33. The van der Waals surface area contributed by atoms with Crippen molar-refractivity contribution in [2.24, 2.45) is 11.7 Å². The number of amides is 1. The van der Waals surface area contributed by atoms with E-state index in [2.05, 4.69) is 0 Å². The highest BCUT2D eigenvalue weighted by molar-refractivity contribution is 5.78. The molecule has 0 aromatic heterocycles. The van der Waals surface area contributed by atoms with E-state index in [1.165, 1.54) is 0 Å². The molecule has 1 aromatic rings. The molecular weight excluding hydrogens is 264 g/mol. The van der Waals surface area contributed by atoms with Crippen molar-refractivity contribution < 1.29 is 9.53 Å². The standard InChI is InChI=1S/C17H28N2O2/c1-13(6-5-7-14(2)18)17(20)19(3)12-15-8-10-16(21-4)11-9-15/h8-11,13-14H,5-7,12,18H2,1-4H3. The zero-order valence-corrected chi connectivity index (χ0v) is 13.6. The van der Waals surface area contributed by atoms with Crippen molar-refractivity contribution in [1.29, 1.82) is 0 Å². The SMILES string of the molecule is COc1ccc(CN(C)C(=O)C(C)CCCC(C)N)cc1. The lowest BCUT2D eigenvalue weighted by atomic mass is 10.0. The van der Waals surface area contributed by atoms with Gasteiger partial charge in [-0.05, 0) is 37.5 Å². The molecule has 118 valence electrons. The number of nitrogens with two attached hydrogens (primary N) is 1. The van der Waals surface area contributed by atoms with E-state index in [0.29, 0.717) is 6.54 Å². The lowest BCUT2D eigenvalue weighted by molar-refractivity contribution is -0.134. The van der Waals surface area contributed by atoms with E-state index in [9.17, 15) is 4.79 Å². The van der Waals surface area contributed by atoms with Crippen LogP contribution >= 0.6 is 0 Å². The minimum Gasteiger partial charge on any atom is -0.497 e. The Labute approximate surface area is 128 Å². The van der Waals surface area contributed by atoms with Crippen LogP contribution in [0.5, 0.6) is 5.75 Å². The minimum atomic E-state index is 0.0481. The van der Waals surface area contributed by atoms with Gasteiger partial charge in [0.05, 0.1) is 7.11 Å². The summed E-state index contributed by atoms with van der Waals surface area (Å²) in [7, 11) is 3.50. The van der Waals surface area contributed by atoms with Gasteiger partial charge in [-0.1, -0.05) is 25.5 Å². The third-order valence-electron chi connectivity index (χ3n) is 3.67. The molecule has 0 saturated heterocycles. The van der Waals surface area contributed by atoms with Crippen LogP contribution in [0.2, 0.25) is 0 Å². The fraction of sp³-hybridized carbons (Fsp3) is 0.588. The van der Waals surface area contributed by atoms with Crippen molar-refractivity contribution in [3.05, 3.63) is 29.8 Å². The van der Waals surface area contributed by atoms with E-state index in [1.807, 2.05) is 45.2 Å². The maximum Gasteiger partial charge on any atom is 0.225 e. The number of benzene rings is 1. The summed E-state index contributed by atoms with van der Waals surface area (Å²) < 4.78 is 5.13. The van der Waals surface area contributed by atoms with Gasteiger partial charge in [0.2, 0.25) is 5.91 Å². The Bertz CT molecular complexity index is 429. The van der Waals surface area contributed by atoms with Gasteiger partial charge in [-0.2, -0.15) is 0 Å². The zero-order valence-electron chi connectivity index (χ0n) is 13.6. The van der Waals surface area contributed by atoms with E-state index < -0.39 is 0 Å². The molecule has 0 fully saturated rings. The van der Waals surface area contributed by atoms with Crippen molar-refractivity contribution in [3.8, 4) is 5.75 Å². The second-order valence-electron chi connectivity index (χ2n) is 5.85. The first-order chi connectivity index (χ1) is 9.93. The summed E-state index contributed by atoms with van der Waals surface area (Å²) in [6.45, 7) is 4.62. The summed E-state index contributed by atoms with van der Waals surface area (Å²) in [6.07, 6.45) is 2.87. The van der Waals surface area contributed by atoms with Crippen LogP contribution in [0.1, 0.15) is 38.7 Å². The van der Waals surface area contributed by atoms with E-state index in [0.717, 1.165) is 30.6 Å². The van der Waals surface area contributed by atoms with Gasteiger partial charge in [-0.25, -0.2) is 0 Å². The van der Waals surface area contributed by atoms with Gasteiger partial charge in [0, 0.05) is 25.6 Å².